The van der Waals surface area contributed by atoms with Crippen LogP contribution in [0.5, 0.6) is 0 Å². The molecule has 0 radical (unpaired) electrons. The quantitative estimate of drug-likeness (QED) is 0.931. The molecular weight excluding hydrogens is 288 g/mol. The second-order valence-corrected chi connectivity index (χ2v) is 6.16. The second-order valence-electron chi connectivity index (χ2n) is 4.46. The van der Waals surface area contributed by atoms with Gasteiger partial charge in [-0.25, -0.2) is 4.98 Å². The lowest BCUT2D eigenvalue weighted by Gasteiger charge is -2.31. The largest absolute Gasteiger partial charge is 0.481 e. The van der Waals surface area contributed by atoms with Crippen LogP contribution < -0.4 is 0 Å². The zero-order chi connectivity index (χ0) is 14.0. The molecule has 2 atom stereocenters. The molecule has 1 amide bonds. The fourth-order valence-electron chi connectivity index (χ4n) is 2.49. The van der Waals surface area contributed by atoms with Crippen LogP contribution in [0.4, 0.5) is 0 Å². The van der Waals surface area contributed by atoms with E-state index in [4.69, 9.17) is 11.6 Å². The molecule has 5 nitrogen and oxygen atoms in total. The van der Waals surface area contributed by atoms with Crippen LogP contribution in [0.2, 0.25) is 4.34 Å². The number of aromatic nitrogens is 1. The Morgan fingerprint density at radius 1 is 1.68 bits per heavy atom. The van der Waals surface area contributed by atoms with Crippen molar-refractivity contribution in [2.24, 2.45) is 5.92 Å². The predicted molar refractivity (Wildman–Crippen MR) is 72.2 cm³/mol. The second kappa shape index (κ2) is 5.88. The number of carbonyl (C=O) groups is 2. The molecule has 0 bridgehead atoms. The van der Waals surface area contributed by atoms with Gasteiger partial charge in [0.15, 0.2) is 0 Å². The van der Waals surface area contributed by atoms with Crippen molar-refractivity contribution in [2.45, 2.75) is 32.2 Å². The zero-order valence-electron chi connectivity index (χ0n) is 10.5. The third kappa shape index (κ3) is 2.90. The Labute approximate surface area is 120 Å². The first-order valence-electron chi connectivity index (χ1n) is 6.18. The first-order valence-corrected chi connectivity index (χ1v) is 7.37. The number of amides is 1. The smallest absolute Gasteiger partial charge is 0.309 e. The van der Waals surface area contributed by atoms with Gasteiger partial charge in [0.05, 0.1) is 18.2 Å². The van der Waals surface area contributed by atoms with Gasteiger partial charge in [0.25, 0.3) is 0 Å². The average molecular weight is 303 g/mol. The summed E-state index contributed by atoms with van der Waals surface area (Å²) < 4.78 is 0.506. The topological polar surface area (TPSA) is 70.5 Å². The molecule has 1 saturated heterocycles. The first-order chi connectivity index (χ1) is 9.04. The van der Waals surface area contributed by atoms with Crippen LogP contribution in [0.25, 0.3) is 0 Å². The SMILES string of the molecule is CCN1C(=O)CCCC(C(=O)O)C1c1ncc(Cl)s1. The lowest BCUT2D eigenvalue weighted by Crippen LogP contribution is -2.38. The normalized spacial score (nSPS) is 24.3. The highest BCUT2D eigenvalue weighted by Crippen LogP contribution is 2.38. The fraction of sp³-hybridized carbons (Fsp3) is 0.583. The summed E-state index contributed by atoms with van der Waals surface area (Å²) in [6.07, 6.45) is 2.98. The molecule has 1 fully saturated rings. The molecule has 1 aromatic rings. The Bertz CT molecular complexity index is 489. The van der Waals surface area contributed by atoms with E-state index in [0.717, 1.165) is 0 Å². The molecule has 0 saturated carbocycles. The van der Waals surface area contributed by atoms with Gasteiger partial charge in [-0.05, 0) is 19.8 Å². The van der Waals surface area contributed by atoms with Gasteiger partial charge in [-0.1, -0.05) is 11.6 Å². The maximum Gasteiger partial charge on any atom is 0.309 e. The Morgan fingerprint density at radius 2 is 2.42 bits per heavy atom. The van der Waals surface area contributed by atoms with Crippen molar-refractivity contribution in [3.8, 4) is 0 Å². The van der Waals surface area contributed by atoms with E-state index >= 15 is 0 Å². The van der Waals surface area contributed by atoms with Gasteiger partial charge in [-0.15, -0.1) is 11.3 Å². The number of rotatable bonds is 3. The number of hydrogen-bond acceptors (Lipinski definition) is 4. The van der Waals surface area contributed by atoms with Crippen LogP contribution in [0.3, 0.4) is 0 Å². The highest BCUT2D eigenvalue weighted by atomic mass is 35.5. The summed E-state index contributed by atoms with van der Waals surface area (Å²) in [6.45, 7) is 2.33. The number of carboxylic acids is 1. The summed E-state index contributed by atoms with van der Waals surface area (Å²) in [6, 6.07) is -0.505. The number of hydrogen-bond donors (Lipinski definition) is 1. The molecule has 2 heterocycles. The van der Waals surface area contributed by atoms with Gasteiger partial charge in [0.1, 0.15) is 9.34 Å². The van der Waals surface area contributed by atoms with E-state index in [1.807, 2.05) is 6.92 Å². The Morgan fingerprint density at radius 3 is 2.95 bits per heavy atom. The Balaban J connectivity index is 2.43. The number of nitrogens with zero attached hydrogens (tertiary/aromatic N) is 2. The van der Waals surface area contributed by atoms with E-state index in [9.17, 15) is 14.7 Å². The molecule has 104 valence electrons. The monoisotopic (exact) mass is 302 g/mol. The molecule has 1 aliphatic rings. The van der Waals surface area contributed by atoms with Crippen LogP contribution in [-0.4, -0.2) is 33.4 Å². The summed E-state index contributed by atoms with van der Waals surface area (Å²) in [7, 11) is 0. The molecule has 7 heteroatoms. The number of halogens is 1. The number of likely N-dealkylation sites (tertiary alicyclic amines) is 1. The van der Waals surface area contributed by atoms with Crippen molar-refractivity contribution < 1.29 is 14.7 Å². The number of carboxylic acid groups (broad SMARTS) is 1. The Hall–Kier alpha value is -1.14. The highest BCUT2D eigenvalue weighted by molar-refractivity contribution is 7.15. The van der Waals surface area contributed by atoms with Gasteiger partial charge in [-0.2, -0.15) is 0 Å². The maximum atomic E-state index is 12.1. The van der Waals surface area contributed by atoms with Gasteiger partial charge in [0, 0.05) is 13.0 Å². The molecule has 1 N–H and O–H groups in total. The van der Waals surface area contributed by atoms with Crippen molar-refractivity contribution in [1.82, 2.24) is 9.88 Å². The summed E-state index contributed by atoms with van der Waals surface area (Å²) >= 11 is 7.12. The predicted octanol–water partition coefficient (Wildman–Crippen LogP) is 2.57. The summed E-state index contributed by atoms with van der Waals surface area (Å²) in [4.78, 5) is 29.3. The molecule has 1 aromatic heterocycles. The van der Waals surface area contributed by atoms with Crippen LogP contribution in [0, 0.1) is 5.92 Å². The van der Waals surface area contributed by atoms with Crippen molar-refractivity contribution in [1.29, 1.82) is 0 Å². The lowest BCUT2D eigenvalue weighted by atomic mass is 9.95. The van der Waals surface area contributed by atoms with Crippen molar-refractivity contribution in [2.75, 3.05) is 6.54 Å². The van der Waals surface area contributed by atoms with Crippen LogP contribution in [-0.2, 0) is 9.59 Å². The van der Waals surface area contributed by atoms with E-state index in [0.29, 0.717) is 35.2 Å². The average Bonchev–Trinajstić information content (AvgIpc) is 2.70. The minimum absolute atomic E-state index is 0.0115. The van der Waals surface area contributed by atoms with Gasteiger partial charge >= 0.3 is 5.97 Å². The molecule has 0 spiro atoms. The maximum absolute atomic E-state index is 12.1. The third-order valence-electron chi connectivity index (χ3n) is 3.35. The molecule has 0 aliphatic carbocycles. The Kier molecular flexibility index (Phi) is 4.42. The van der Waals surface area contributed by atoms with Gasteiger partial charge in [0.2, 0.25) is 5.91 Å². The first kappa shape index (κ1) is 14.3. The third-order valence-corrected chi connectivity index (χ3v) is 4.53. The zero-order valence-corrected chi connectivity index (χ0v) is 12.1. The summed E-state index contributed by atoms with van der Waals surface area (Å²) in [5, 5.41) is 10.0. The molecule has 0 aromatic carbocycles. The number of carbonyl (C=O) groups excluding carboxylic acids is 1. The molecule has 1 aliphatic heterocycles. The molecule has 2 unspecified atom stereocenters. The van der Waals surface area contributed by atoms with E-state index in [2.05, 4.69) is 4.98 Å². The lowest BCUT2D eigenvalue weighted by molar-refractivity contribution is -0.146. The standard InChI is InChI=1S/C12H15ClN2O3S/c1-2-15-9(16)5-3-4-7(12(17)18)10(15)11-14-6-8(13)19-11/h6-7,10H,2-5H2,1H3,(H,17,18). The number of aliphatic carboxylic acids is 1. The molecular formula is C12H15ClN2O3S. The van der Waals surface area contributed by atoms with Crippen LogP contribution >= 0.6 is 22.9 Å². The van der Waals surface area contributed by atoms with E-state index in [1.54, 1.807) is 4.90 Å². The summed E-state index contributed by atoms with van der Waals surface area (Å²) in [5.41, 5.74) is 0. The minimum atomic E-state index is -0.885. The van der Waals surface area contributed by atoms with Crippen molar-refractivity contribution in [3.05, 3.63) is 15.5 Å². The van der Waals surface area contributed by atoms with E-state index in [1.165, 1.54) is 17.5 Å². The minimum Gasteiger partial charge on any atom is -0.481 e. The van der Waals surface area contributed by atoms with Crippen LogP contribution in [0.15, 0.2) is 6.20 Å². The van der Waals surface area contributed by atoms with Gasteiger partial charge in [-0.3, -0.25) is 9.59 Å². The van der Waals surface area contributed by atoms with Crippen LogP contribution in [0.1, 0.15) is 37.2 Å². The van der Waals surface area contributed by atoms with Crippen molar-refractivity contribution >= 4 is 34.8 Å². The molecule has 19 heavy (non-hydrogen) atoms. The molecule has 2 rings (SSSR count). The highest BCUT2D eigenvalue weighted by Gasteiger charge is 2.39. The van der Waals surface area contributed by atoms with E-state index in [-0.39, 0.29) is 5.91 Å². The van der Waals surface area contributed by atoms with Gasteiger partial charge < -0.3 is 10.0 Å². The number of thiazole rings is 1. The van der Waals surface area contributed by atoms with E-state index < -0.39 is 17.9 Å². The fourth-order valence-corrected chi connectivity index (χ4v) is 3.60. The van der Waals surface area contributed by atoms with Crippen molar-refractivity contribution in [3.63, 3.8) is 0 Å². The summed E-state index contributed by atoms with van der Waals surface area (Å²) in [5.74, 6) is -1.51.